The van der Waals surface area contributed by atoms with E-state index in [-0.39, 0.29) is 6.10 Å². The Morgan fingerprint density at radius 1 is 0.926 bits per heavy atom. The number of aryl methyl sites for hydroxylation is 2. The van der Waals surface area contributed by atoms with Crippen molar-refractivity contribution in [2.45, 2.75) is 32.8 Å². The average molecular weight is 357 g/mol. The lowest BCUT2D eigenvalue weighted by Gasteiger charge is -2.14. The predicted molar refractivity (Wildman–Crippen MR) is 109 cm³/mol. The van der Waals surface area contributed by atoms with Gasteiger partial charge in [0.25, 0.3) is 0 Å². The Hall–Kier alpha value is -3.14. The first-order valence-corrected chi connectivity index (χ1v) is 9.33. The van der Waals surface area contributed by atoms with Gasteiger partial charge in [-0.15, -0.1) is 0 Å². The molecule has 0 unspecified atom stereocenters. The minimum Gasteiger partial charge on any atom is -0.490 e. The van der Waals surface area contributed by atoms with E-state index in [4.69, 9.17) is 4.74 Å². The molecular formula is C23H23N3O. The van der Waals surface area contributed by atoms with Gasteiger partial charge in [0.15, 0.2) is 5.65 Å². The van der Waals surface area contributed by atoms with Crippen molar-refractivity contribution in [2.75, 3.05) is 0 Å². The van der Waals surface area contributed by atoms with Crippen LogP contribution in [0.4, 0.5) is 0 Å². The highest BCUT2D eigenvalue weighted by atomic mass is 16.5. The molecule has 136 valence electrons. The van der Waals surface area contributed by atoms with Gasteiger partial charge in [0.1, 0.15) is 11.6 Å². The van der Waals surface area contributed by atoms with E-state index in [0.29, 0.717) is 0 Å². The molecule has 4 rings (SSSR count). The highest BCUT2D eigenvalue weighted by Gasteiger charge is 2.14. The zero-order valence-electron chi connectivity index (χ0n) is 15.6. The second kappa shape index (κ2) is 7.62. The van der Waals surface area contributed by atoms with Gasteiger partial charge in [-0.2, -0.15) is 0 Å². The van der Waals surface area contributed by atoms with Gasteiger partial charge < -0.3 is 9.72 Å². The van der Waals surface area contributed by atoms with Gasteiger partial charge in [-0.3, -0.25) is 0 Å². The van der Waals surface area contributed by atoms with Gasteiger partial charge in [-0.25, -0.2) is 9.97 Å². The van der Waals surface area contributed by atoms with Crippen molar-refractivity contribution in [1.82, 2.24) is 15.0 Å². The van der Waals surface area contributed by atoms with E-state index in [1.807, 2.05) is 26.0 Å². The normalized spacial score (nSPS) is 11.2. The highest BCUT2D eigenvalue weighted by molar-refractivity contribution is 5.77. The standard InChI is InChI=1S/C23H23N3O/c1-16(2)27-21-13-12-18(11-10-17-7-4-3-5-8-17)15-19(21)22-25-20-9-6-14-24-23(20)26-22/h3-9,12-16H,10-11H2,1-2H3,(H,24,25,26). The molecule has 4 heteroatoms. The van der Waals surface area contributed by atoms with Crippen molar-refractivity contribution >= 4 is 11.2 Å². The van der Waals surface area contributed by atoms with Gasteiger partial charge in [-0.1, -0.05) is 36.4 Å². The molecule has 0 fully saturated rings. The molecule has 27 heavy (non-hydrogen) atoms. The van der Waals surface area contributed by atoms with Crippen LogP contribution >= 0.6 is 0 Å². The molecule has 0 atom stereocenters. The van der Waals surface area contributed by atoms with Gasteiger partial charge in [0, 0.05) is 6.20 Å². The zero-order valence-corrected chi connectivity index (χ0v) is 15.6. The minimum absolute atomic E-state index is 0.0985. The molecule has 4 nitrogen and oxygen atoms in total. The Morgan fingerprint density at radius 2 is 1.74 bits per heavy atom. The van der Waals surface area contributed by atoms with Crippen molar-refractivity contribution < 1.29 is 4.74 Å². The van der Waals surface area contributed by atoms with Crippen LogP contribution in [0.15, 0.2) is 66.9 Å². The Morgan fingerprint density at radius 3 is 2.52 bits per heavy atom. The summed E-state index contributed by atoms with van der Waals surface area (Å²) in [4.78, 5) is 12.4. The summed E-state index contributed by atoms with van der Waals surface area (Å²) in [5, 5.41) is 0. The summed E-state index contributed by atoms with van der Waals surface area (Å²) in [6, 6.07) is 20.8. The Bertz CT molecular complexity index is 1000. The SMILES string of the molecule is CC(C)Oc1ccc(CCc2ccccc2)cc1-c1nc2ncccc2[nH]1. The van der Waals surface area contributed by atoms with Crippen LogP contribution in [0.3, 0.4) is 0 Å². The van der Waals surface area contributed by atoms with Crippen LogP contribution < -0.4 is 4.74 Å². The molecule has 0 aliphatic carbocycles. The van der Waals surface area contributed by atoms with Gasteiger partial charge in [0.05, 0.1) is 17.2 Å². The third-order valence-corrected chi connectivity index (χ3v) is 4.46. The number of H-pyrrole nitrogens is 1. The molecule has 2 aromatic heterocycles. The summed E-state index contributed by atoms with van der Waals surface area (Å²) in [7, 11) is 0. The van der Waals surface area contributed by atoms with Gasteiger partial charge in [-0.05, 0) is 62.1 Å². The smallest absolute Gasteiger partial charge is 0.178 e. The summed E-state index contributed by atoms with van der Waals surface area (Å²) in [5.41, 5.74) is 5.23. The first kappa shape index (κ1) is 17.3. The fourth-order valence-corrected chi connectivity index (χ4v) is 3.18. The molecular weight excluding hydrogens is 334 g/mol. The van der Waals surface area contributed by atoms with Crippen LogP contribution in [0.1, 0.15) is 25.0 Å². The third-order valence-electron chi connectivity index (χ3n) is 4.46. The van der Waals surface area contributed by atoms with E-state index in [9.17, 15) is 0 Å². The number of ether oxygens (including phenoxy) is 1. The molecule has 1 N–H and O–H groups in total. The van der Waals surface area contributed by atoms with Gasteiger partial charge >= 0.3 is 0 Å². The summed E-state index contributed by atoms with van der Waals surface area (Å²) < 4.78 is 6.03. The van der Waals surface area contributed by atoms with Gasteiger partial charge in [0.2, 0.25) is 0 Å². The molecule has 0 radical (unpaired) electrons. The number of benzene rings is 2. The zero-order chi connectivity index (χ0) is 18.6. The lowest BCUT2D eigenvalue weighted by molar-refractivity contribution is 0.243. The molecule has 0 saturated heterocycles. The van der Waals surface area contributed by atoms with Crippen LogP contribution in [-0.2, 0) is 12.8 Å². The molecule has 0 saturated carbocycles. The van der Waals surface area contributed by atoms with Crippen LogP contribution in [-0.4, -0.2) is 21.1 Å². The van der Waals surface area contributed by atoms with Crippen LogP contribution in [0.2, 0.25) is 0 Å². The van der Waals surface area contributed by atoms with Crippen molar-refractivity contribution in [3.63, 3.8) is 0 Å². The number of rotatable bonds is 6. The maximum atomic E-state index is 6.03. The van der Waals surface area contributed by atoms with Crippen molar-refractivity contribution in [3.8, 4) is 17.1 Å². The largest absolute Gasteiger partial charge is 0.490 e. The second-order valence-corrected chi connectivity index (χ2v) is 6.94. The fourth-order valence-electron chi connectivity index (χ4n) is 3.18. The average Bonchev–Trinajstić information content (AvgIpc) is 3.11. The number of aromatic nitrogens is 3. The van der Waals surface area contributed by atoms with E-state index < -0.39 is 0 Å². The number of imidazole rings is 1. The van der Waals surface area contributed by atoms with E-state index in [0.717, 1.165) is 41.1 Å². The summed E-state index contributed by atoms with van der Waals surface area (Å²) in [6.07, 6.45) is 3.83. The van der Waals surface area contributed by atoms with Crippen molar-refractivity contribution in [2.24, 2.45) is 0 Å². The maximum Gasteiger partial charge on any atom is 0.178 e. The number of fused-ring (bicyclic) bond motifs is 1. The first-order valence-electron chi connectivity index (χ1n) is 9.33. The Labute approximate surface area is 159 Å². The Balaban J connectivity index is 1.68. The lowest BCUT2D eigenvalue weighted by atomic mass is 10.0. The third kappa shape index (κ3) is 4.00. The number of pyridine rings is 1. The number of nitrogens with one attached hydrogen (secondary N) is 1. The quantitative estimate of drug-likeness (QED) is 0.516. The van der Waals surface area contributed by atoms with Crippen LogP contribution in [0.25, 0.3) is 22.6 Å². The molecule has 4 aromatic rings. The maximum absolute atomic E-state index is 6.03. The van der Waals surface area contributed by atoms with Crippen LogP contribution in [0.5, 0.6) is 5.75 Å². The highest BCUT2D eigenvalue weighted by Crippen LogP contribution is 2.31. The lowest BCUT2D eigenvalue weighted by Crippen LogP contribution is -2.07. The van der Waals surface area contributed by atoms with E-state index >= 15 is 0 Å². The van der Waals surface area contributed by atoms with Crippen molar-refractivity contribution in [1.29, 1.82) is 0 Å². The second-order valence-electron chi connectivity index (χ2n) is 6.94. The molecule has 2 heterocycles. The summed E-state index contributed by atoms with van der Waals surface area (Å²) >= 11 is 0. The summed E-state index contributed by atoms with van der Waals surface area (Å²) in [6.45, 7) is 4.07. The molecule has 0 aliphatic rings. The molecule has 0 bridgehead atoms. The van der Waals surface area contributed by atoms with E-state index in [1.165, 1.54) is 11.1 Å². The first-order chi connectivity index (χ1) is 13.2. The monoisotopic (exact) mass is 357 g/mol. The van der Waals surface area contributed by atoms with Crippen LogP contribution in [0, 0.1) is 0 Å². The topological polar surface area (TPSA) is 50.8 Å². The summed E-state index contributed by atoms with van der Waals surface area (Å²) in [5.74, 6) is 1.63. The number of hydrogen-bond acceptors (Lipinski definition) is 3. The number of aromatic amines is 1. The predicted octanol–water partition coefficient (Wildman–Crippen LogP) is 5.20. The van der Waals surface area contributed by atoms with E-state index in [1.54, 1.807) is 6.20 Å². The van der Waals surface area contributed by atoms with Crippen molar-refractivity contribution in [3.05, 3.63) is 78.0 Å². The molecule has 0 amide bonds. The Kier molecular flexibility index (Phi) is 4.88. The minimum atomic E-state index is 0.0985. The molecule has 0 aliphatic heterocycles. The molecule has 2 aromatic carbocycles. The molecule has 0 spiro atoms. The fraction of sp³-hybridized carbons (Fsp3) is 0.217. The number of hydrogen-bond donors (Lipinski definition) is 1. The number of nitrogens with zero attached hydrogens (tertiary/aromatic N) is 2. The van der Waals surface area contributed by atoms with E-state index in [2.05, 4.69) is 63.5 Å².